The SMILES string of the molecule is O=C(Cc1cc(Br)ccc1F)c1cnns1. The molecule has 2 aromatic rings. The smallest absolute Gasteiger partial charge is 0.180 e. The second-order valence-corrected chi connectivity index (χ2v) is 4.82. The summed E-state index contributed by atoms with van der Waals surface area (Å²) in [5.41, 5.74) is 0.368. The van der Waals surface area contributed by atoms with E-state index in [4.69, 9.17) is 0 Å². The van der Waals surface area contributed by atoms with Crippen molar-refractivity contribution in [1.29, 1.82) is 0 Å². The number of aromatic nitrogens is 2. The lowest BCUT2D eigenvalue weighted by molar-refractivity contribution is 0.0995. The van der Waals surface area contributed by atoms with Crippen LogP contribution in [0.2, 0.25) is 0 Å². The van der Waals surface area contributed by atoms with Crippen LogP contribution in [0.3, 0.4) is 0 Å². The van der Waals surface area contributed by atoms with Crippen molar-refractivity contribution < 1.29 is 9.18 Å². The van der Waals surface area contributed by atoms with Gasteiger partial charge in [-0.15, -0.1) is 5.10 Å². The summed E-state index contributed by atoms with van der Waals surface area (Å²) < 4.78 is 17.7. The fourth-order valence-corrected chi connectivity index (χ4v) is 2.09. The molecular formula is C10H6BrFN2OS. The molecule has 1 heterocycles. The zero-order chi connectivity index (χ0) is 11.5. The van der Waals surface area contributed by atoms with Gasteiger partial charge in [-0.2, -0.15) is 0 Å². The van der Waals surface area contributed by atoms with Gasteiger partial charge in [0.15, 0.2) is 5.78 Å². The van der Waals surface area contributed by atoms with Crippen molar-refractivity contribution >= 4 is 33.2 Å². The Morgan fingerprint density at radius 3 is 3.00 bits per heavy atom. The Morgan fingerprint density at radius 2 is 2.31 bits per heavy atom. The van der Waals surface area contributed by atoms with Crippen molar-refractivity contribution in [2.75, 3.05) is 0 Å². The highest BCUT2D eigenvalue weighted by molar-refractivity contribution is 9.10. The summed E-state index contributed by atoms with van der Waals surface area (Å²) in [7, 11) is 0. The summed E-state index contributed by atoms with van der Waals surface area (Å²) in [5, 5.41) is 3.57. The molecule has 1 aromatic heterocycles. The quantitative estimate of drug-likeness (QED) is 0.819. The first-order valence-electron chi connectivity index (χ1n) is 4.41. The predicted molar refractivity (Wildman–Crippen MR) is 62.0 cm³/mol. The van der Waals surface area contributed by atoms with Crippen molar-refractivity contribution in [2.24, 2.45) is 0 Å². The monoisotopic (exact) mass is 300 g/mol. The van der Waals surface area contributed by atoms with Gasteiger partial charge >= 0.3 is 0 Å². The van der Waals surface area contributed by atoms with Gasteiger partial charge in [0.05, 0.1) is 6.20 Å². The van der Waals surface area contributed by atoms with E-state index in [9.17, 15) is 9.18 Å². The molecule has 0 saturated carbocycles. The Hall–Kier alpha value is -1.14. The van der Waals surface area contributed by atoms with Gasteiger partial charge in [0.2, 0.25) is 0 Å². The number of carbonyl (C=O) groups is 1. The van der Waals surface area contributed by atoms with Gasteiger partial charge < -0.3 is 0 Å². The van der Waals surface area contributed by atoms with Crippen molar-refractivity contribution in [3.05, 3.63) is 45.1 Å². The highest BCUT2D eigenvalue weighted by Crippen LogP contribution is 2.18. The Bertz CT molecular complexity index is 516. The van der Waals surface area contributed by atoms with E-state index in [1.807, 2.05) is 0 Å². The normalized spacial score (nSPS) is 10.4. The van der Waals surface area contributed by atoms with Crippen molar-refractivity contribution in [1.82, 2.24) is 9.59 Å². The van der Waals surface area contributed by atoms with Crippen LogP contribution in [0.1, 0.15) is 15.2 Å². The van der Waals surface area contributed by atoms with Crippen LogP contribution in [0.15, 0.2) is 28.9 Å². The van der Waals surface area contributed by atoms with Crippen LogP contribution in [-0.4, -0.2) is 15.4 Å². The molecule has 6 heteroatoms. The lowest BCUT2D eigenvalue weighted by Crippen LogP contribution is -2.03. The zero-order valence-electron chi connectivity index (χ0n) is 7.98. The first-order chi connectivity index (χ1) is 7.66. The van der Waals surface area contributed by atoms with E-state index in [2.05, 4.69) is 25.5 Å². The fourth-order valence-electron chi connectivity index (χ4n) is 1.23. The van der Waals surface area contributed by atoms with Crippen LogP contribution in [-0.2, 0) is 6.42 Å². The molecule has 0 bridgehead atoms. The van der Waals surface area contributed by atoms with E-state index in [1.165, 1.54) is 12.3 Å². The summed E-state index contributed by atoms with van der Waals surface area (Å²) in [6, 6.07) is 4.52. The molecule has 0 fully saturated rings. The van der Waals surface area contributed by atoms with Gasteiger partial charge in [0.1, 0.15) is 10.7 Å². The molecule has 2 rings (SSSR count). The molecule has 0 spiro atoms. The molecule has 0 N–H and O–H groups in total. The molecule has 0 amide bonds. The van der Waals surface area contributed by atoms with Gasteiger partial charge in [0, 0.05) is 10.9 Å². The first kappa shape index (κ1) is 11.3. The number of hydrogen-bond acceptors (Lipinski definition) is 4. The van der Waals surface area contributed by atoms with Crippen LogP contribution in [0, 0.1) is 5.82 Å². The molecule has 1 aromatic carbocycles. The van der Waals surface area contributed by atoms with Crippen LogP contribution >= 0.6 is 27.5 Å². The fraction of sp³-hybridized carbons (Fsp3) is 0.100. The van der Waals surface area contributed by atoms with Crippen LogP contribution in [0.4, 0.5) is 4.39 Å². The number of halogens is 2. The Morgan fingerprint density at radius 1 is 1.50 bits per heavy atom. The highest BCUT2D eigenvalue weighted by Gasteiger charge is 2.12. The second kappa shape index (κ2) is 4.80. The lowest BCUT2D eigenvalue weighted by Gasteiger charge is -2.01. The van der Waals surface area contributed by atoms with Gasteiger partial charge in [-0.25, -0.2) is 4.39 Å². The minimum absolute atomic E-state index is 0.0230. The maximum absolute atomic E-state index is 13.4. The van der Waals surface area contributed by atoms with E-state index in [0.717, 1.165) is 16.0 Å². The third-order valence-corrected chi connectivity index (χ3v) is 3.19. The molecule has 0 saturated heterocycles. The zero-order valence-corrected chi connectivity index (χ0v) is 10.4. The number of nitrogens with zero attached hydrogens (tertiary/aromatic N) is 2. The Kier molecular flexibility index (Phi) is 3.40. The lowest BCUT2D eigenvalue weighted by atomic mass is 10.1. The third-order valence-electron chi connectivity index (χ3n) is 1.99. The molecule has 16 heavy (non-hydrogen) atoms. The average Bonchev–Trinajstić information content (AvgIpc) is 2.76. The number of benzene rings is 1. The standard InChI is InChI=1S/C10H6BrFN2OS/c11-7-1-2-8(12)6(3-7)4-9(15)10-5-13-14-16-10/h1-3,5H,4H2. The minimum atomic E-state index is -0.381. The van der Waals surface area contributed by atoms with Crippen molar-refractivity contribution in [2.45, 2.75) is 6.42 Å². The van der Waals surface area contributed by atoms with Crippen LogP contribution in [0.25, 0.3) is 0 Å². The number of ketones is 1. The van der Waals surface area contributed by atoms with E-state index >= 15 is 0 Å². The molecule has 0 aliphatic heterocycles. The van der Waals surface area contributed by atoms with Gasteiger partial charge in [-0.1, -0.05) is 20.4 Å². The van der Waals surface area contributed by atoms with Crippen LogP contribution in [0.5, 0.6) is 0 Å². The largest absolute Gasteiger partial charge is 0.293 e. The highest BCUT2D eigenvalue weighted by atomic mass is 79.9. The topological polar surface area (TPSA) is 42.9 Å². The van der Waals surface area contributed by atoms with E-state index in [0.29, 0.717) is 10.4 Å². The van der Waals surface area contributed by atoms with Crippen molar-refractivity contribution in [3.8, 4) is 0 Å². The van der Waals surface area contributed by atoms with E-state index in [1.54, 1.807) is 12.1 Å². The van der Waals surface area contributed by atoms with Gasteiger partial charge in [-0.05, 0) is 35.3 Å². The molecule has 0 aliphatic carbocycles. The summed E-state index contributed by atoms with van der Waals surface area (Å²) in [6.45, 7) is 0. The molecule has 0 radical (unpaired) electrons. The second-order valence-electron chi connectivity index (χ2n) is 3.12. The minimum Gasteiger partial charge on any atom is -0.293 e. The predicted octanol–water partition coefficient (Wildman–Crippen LogP) is 2.87. The molecule has 0 unspecified atom stereocenters. The first-order valence-corrected chi connectivity index (χ1v) is 5.98. The third kappa shape index (κ3) is 2.51. The molecule has 82 valence electrons. The Balaban J connectivity index is 2.21. The Labute approximate surface area is 104 Å². The van der Waals surface area contributed by atoms with Gasteiger partial charge in [0.25, 0.3) is 0 Å². The maximum atomic E-state index is 13.4. The average molecular weight is 301 g/mol. The number of hydrogen-bond donors (Lipinski definition) is 0. The van der Waals surface area contributed by atoms with Crippen molar-refractivity contribution in [3.63, 3.8) is 0 Å². The molecule has 0 aliphatic rings. The van der Waals surface area contributed by atoms with Crippen LogP contribution < -0.4 is 0 Å². The van der Waals surface area contributed by atoms with E-state index in [-0.39, 0.29) is 18.0 Å². The summed E-state index contributed by atoms with van der Waals surface area (Å²) in [6.07, 6.45) is 1.41. The summed E-state index contributed by atoms with van der Waals surface area (Å²) in [4.78, 5) is 12.1. The maximum Gasteiger partial charge on any atom is 0.180 e. The summed E-state index contributed by atoms with van der Waals surface area (Å²) in [5.74, 6) is -0.555. The summed E-state index contributed by atoms with van der Waals surface area (Å²) >= 11 is 4.25. The molecule has 3 nitrogen and oxygen atoms in total. The number of carbonyl (C=O) groups excluding carboxylic acids is 1. The molecular weight excluding hydrogens is 295 g/mol. The molecule has 0 atom stereocenters. The number of Topliss-reactive ketones (excluding diaryl/α,β-unsaturated/α-hetero) is 1. The number of rotatable bonds is 3. The van der Waals surface area contributed by atoms with Gasteiger partial charge in [-0.3, -0.25) is 4.79 Å². The van der Waals surface area contributed by atoms with E-state index < -0.39 is 0 Å².